The van der Waals surface area contributed by atoms with Crippen LogP contribution in [-0.2, 0) is 6.54 Å². The Morgan fingerprint density at radius 3 is 2.57 bits per heavy atom. The Kier molecular flexibility index (Phi) is 5.50. The van der Waals surface area contributed by atoms with Gasteiger partial charge in [-0.2, -0.15) is 0 Å². The molecule has 0 saturated heterocycles. The van der Waals surface area contributed by atoms with Crippen LogP contribution in [0.1, 0.15) is 40.3 Å². The first-order valence-corrected chi connectivity index (χ1v) is 9.84. The number of rotatable bonds is 7. The van der Waals surface area contributed by atoms with Crippen LogP contribution in [-0.4, -0.2) is 15.9 Å². The summed E-state index contributed by atoms with van der Waals surface area (Å²) < 4.78 is 5.99. The van der Waals surface area contributed by atoms with E-state index in [1.54, 1.807) is 12.1 Å². The minimum Gasteiger partial charge on any atom is -0.438 e. The molecule has 0 radical (unpaired) electrons. The van der Waals surface area contributed by atoms with E-state index >= 15 is 0 Å². The van der Waals surface area contributed by atoms with Gasteiger partial charge < -0.3 is 20.8 Å². The van der Waals surface area contributed by atoms with E-state index in [-0.39, 0.29) is 6.04 Å². The Morgan fingerprint density at radius 1 is 1.10 bits per heavy atom. The summed E-state index contributed by atoms with van der Waals surface area (Å²) in [6.07, 6.45) is 1.42. The predicted molar refractivity (Wildman–Crippen MR) is 118 cm³/mol. The number of aromatic nitrogens is 2. The van der Waals surface area contributed by atoms with Crippen LogP contribution in [0.4, 0.5) is 0 Å². The first-order valence-electron chi connectivity index (χ1n) is 9.84. The standard InChI is InChI=1S/C24H24N4O2/c1-15-7-10-21(28-15)16(2)26-13-17-8-11-22(20-6-4-3-5-19(17)20)30-23-12-9-18(14-27-23)24(25)29/h3-12,14,16,26,28H,13H2,1-2H3,(H2,25,29). The summed E-state index contributed by atoms with van der Waals surface area (Å²) in [4.78, 5) is 18.8. The molecule has 0 saturated carbocycles. The zero-order valence-electron chi connectivity index (χ0n) is 17.0. The van der Waals surface area contributed by atoms with Crippen molar-refractivity contribution in [3.05, 3.63) is 89.4 Å². The van der Waals surface area contributed by atoms with Crippen molar-refractivity contribution < 1.29 is 9.53 Å². The van der Waals surface area contributed by atoms with Crippen molar-refractivity contribution in [2.45, 2.75) is 26.4 Å². The molecule has 2 heterocycles. The van der Waals surface area contributed by atoms with Crippen molar-refractivity contribution >= 4 is 16.7 Å². The number of amides is 1. The Balaban J connectivity index is 1.56. The van der Waals surface area contributed by atoms with Gasteiger partial charge in [0.15, 0.2) is 0 Å². The molecule has 4 N–H and O–H groups in total. The second-order valence-corrected chi connectivity index (χ2v) is 7.32. The van der Waals surface area contributed by atoms with Crippen molar-refractivity contribution in [2.75, 3.05) is 0 Å². The molecule has 1 unspecified atom stereocenters. The fourth-order valence-electron chi connectivity index (χ4n) is 3.43. The monoisotopic (exact) mass is 400 g/mol. The van der Waals surface area contributed by atoms with E-state index in [2.05, 4.69) is 53.4 Å². The number of carbonyl (C=O) groups excluding carboxylic acids is 1. The zero-order valence-corrected chi connectivity index (χ0v) is 17.0. The molecular formula is C24H24N4O2. The number of aromatic amines is 1. The molecule has 2 aromatic heterocycles. The fourth-order valence-corrected chi connectivity index (χ4v) is 3.43. The normalized spacial score (nSPS) is 12.1. The molecule has 0 bridgehead atoms. The van der Waals surface area contributed by atoms with E-state index in [0.29, 0.717) is 17.2 Å². The summed E-state index contributed by atoms with van der Waals surface area (Å²) in [7, 11) is 0. The van der Waals surface area contributed by atoms with Gasteiger partial charge in [-0.3, -0.25) is 4.79 Å². The number of benzene rings is 2. The lowest BCUT2D eigenvalue weighted by Gasteiger charge is -2.16. The molecule has 0 spiro atoms. The zero-order chi connectivity index (χ0) is 21.1. The van der Waals surface area contributed by atoms with Gasteiger partial charge >= 0.3 is 0 Å². The molecule has 0 fully saturated rings. The van der Waals surface area contributed by atoms with Crippen LogP contribution in [0, 0.1) is 6.92 Å². The van der Waals surface area contributed by atoms with Crippen LogP contribution in [0.2, 0.25) is 0 Å². The van der Waals surface area contributed by atoms with Gasteiger partial charge in [-0.15, -0.1) is 0 Å². The molecule has 152 valence electrons. The molecule has 4 rings (SSSR count). The molecular weight excluding hydrogens is 376 g/mol. The van der Waals surface area contributed by atoms with E-state index in [0.717, 1.165) is 23.0 Å². The smallest absolute Gasteiger partial charge is 0.250 e. The van der Waals surface area contributed by atoms with Crippen LogP contribution in [0.25, 0.3) is 10.8 Å². The maximum absolute atomic E-state index is 11.2. The summed E-state index contributed by atoms with van der Waals surface area (Å²) in [5.41, 5.74) is 9.12. The Morgan fingerprint density at radius 2 is 1.90 bits per heavy atom. The lowest BCUT2D eigenvalue weighted by atomic mass is 10.0. The Hall–Kier alpha value is -3.64. The summed E-state index contributed by atoms with van der Waals surface area (Å²) >= 11 is 0. The molecule has 6 nitrogen and oxygen atoms in total. The highest BCUT2D eigenvalue weighted by atomic mass is 16.5. The predicted octanol–water partition coefficient (Wildman–Crippen LogP) is 4.61. The minimum atomic E-state index is -0.514. The lowest BCUT2D eigenvalue weighted by molar-refractivity contribution is 0.1000. The van der Waals surface area contributed by atoms with E-state index in [1.807, 2.05) is 24.3 Å². The lowest BCUT2D eigenvalue weighted by Crippen LogP contribution is -2.18. The van der Waals surface area contributed by atoms with E-state index in [9.17, 15) is 4.79 Å². The van der Waals surface area contributed by atoms with Gasteiger partial charge in [-0.25, -0.2) is 4.98 Å². The molecule has 30 heavy (non-hydrogen) atoms. The van der Waals surface area contributed by atoms with Crippen molar-refractivity contribution in [2.24, 2.45) is 5.73 Å². The maximum atomic E-state index is 11.2. The fraction of sp³-hybridized carbons (Fsp3) is 0.167. The highest BCUT2D eigenvalue weighted by Crippen LogP contribution is 2.31. The SMILES string of the molecule is Cc1ccc(C(C)NCc2ccc(Oc3ccc(C(N)=O)cn3)c3ccccc23)[nH]1. The highest BCUT2D eigenvalue weighted by Gasteiger charge is 2.11. The summed E-state index contributed by atoms with van der Waals surface area (Å²) in [6, 6.07) is 19.8. The number of fused-ring (bicyclic) bond motifs is 1. The average Bonchev–Trinajstić information content (AvgIpc) is 3.20. The van der Waals surface area contributed by atoms with Gasteiger partial charge in [-0.05, 0) is 49.1 Å². The number of nitrogens with one attached hydrogen (secondary N) is 2. The van der Waals surface area contributed by atoms with Crippen LogP contribution in [0.5, 0.6) is 11.6 Å². The van der Waals surface area contributed by atoms with Crippen LogP contribution in [0.3, 0.4) is 0 Å². The molecule has 0 aliphatic heterocycles. The van der Waals surface area contributed by atoms with Gasteiger partial charge in [0.1, 0.15) is 5.75 Å². The molecule has 2 aromatic carbocycles. The summed E-state index contributed by atoms with van der Waals surface area (Å²) in [5.74, 6) is 0.605. The van der Waals surface area contributed by atoms with Gasteiger partial charge in [0, 0.05) is 41.6 Å². The molecule has 6 heteroatoms. The summed E-state index contributed by atoms with van der Waals surface area (Å²) in [6.45, 7) is 4.93. The topological polar surface area (TPSA) is 93.0 Å². The summed E-state index contributed by atoms with van der Waals surface area (Å²) in [5, 5.41) is 5.70. The quantitative estimate of drug-likeness (QED) is 0.422. The average molecular weight is 400 g/mol. The first kappa shape index (κ1) is 19.7. The number of ether oxygens (including phenoxy) is 1. The van der Waals surface area contributed by atoms with Crippen molar-refractivity contribution in [3.8, 4) is 11.6 Å². The number of H-pyrrole nitrogens is 1. The molecule has 1 atom stereocenters. The number of aryl methyl sites for hydroxylation is 1. The number of hydrogen-bond acceptors (Lipinski definition) is 4. The second-order valence-electron chi connectivity index (χ2n) is 7.32. The minimum absolute atomic E-state index is 0.210. The van der Waals surface area contributed by atoms with Gasteiger partial charge in [0.2, 0.25) is 11.8 Å². The largest absolute Gasteiger partial charge is 0.438 e. The number of hydrogen-bond donors (Lipinski definition) is 3. The Bertz CT molecular complexity index is 1180. The number of nitrogens with two attached hydrogens (primary N) is 1. The van der Waals surface area contributed by atoms with E-state index < -0.39 is 5.91 Å². The number of nitrogens with zero attached hydrogens (tertiary/aromatic N) is 1. The Labute approximate surface area is 175 Å². The maximum Gasteiger partial charge on any atom is 0.250 e. The van der Waals surface area contributed by atoms with Crippen molar-refractivity contribution in [1.82, 2.24) is 15.3 Å². The van der Waals surface area contributed by atoms with Crippen molar-refractivity contribution in [3.63, 3.8) is 0 Å². The number of carbonyl (C=O) groups is 1. The third-order valence-electron chi connectivity index (χ3n) is 5.13. The number of primary amides is 1. The van der Waals surface area contributed by atoms with Crippen LogP contribution >= 0.6 is 0 Å². The molecule has 0 aliphatic rings. The van der Waals surface area contributed by atoms with Gasteiger partial charge in [0.25, 0.3) is 0 Å². The first-order chi connectivity index (χ1) is 14.5. The number of pyridine rings is 1. The molecule has 0 aliphatic carbocycles. The van der Waals surface area contributed by atoms with Crippen LogP contribution in [0.15, 0.2) is 66.9 Å². The van der Waals surface area contributed by atoms with E-state index in [4.69, 9.17) is 10.5 Å². The van der Waals surface area contributed by atoms with Gasteiger partial charge in [0.05, 0.1) is 5.56 Å². The third-order valence-corrected chi connectivity index (χ3v) is 5.13. The second kappa shape index (κ2) is 8.39. The van der Waals surface area contributed by atoms with E-state index in [1.165, 1.54) is 17.5 Å². The molecule has 1 amide bonds. The van der Waals surface area contributed by atoms with Crippen LogP contribution < -0.4 is 15.8 Å². The molecule has 4 aromatic rings. The van der Waals surface area contributed by atoms with Gasteiger partial charge in [-0.1, -0.05) is 30.3 Å². The van der Waals surface area contributed by atoms with Crippen molar-refractivity contribution in [1.29, 1.82) is 0 Å². The highest BCUT2D eigenvalue weighted by molar-refractivity contribution is 5.92. The third kappa shape index (κ3) is 4.18.